The van der Waals surface area contributed by atoms with Crippen LogP contribution in [0, 0.1) is 0 Å². The fourth-order valence-electron chi connectivity index (χ4n) is 1.74. The van der Waals surface area contributed by atoms with E-state index in [4.69, 9.17) is 0 Å². The molecule has 0 saturated heterocycles. The highest BCUT2D eigenvalue weighted by molar-refractivity contribution is 9.10. The van der Waals surface area contributed by atoms with Crippen LogP contribution in [0.1, 0.15) is 21.5 Å². The van der Waals surface area contributed by atoms with E-state index in [0.717, 1.165) is 11.3 Å². The van der Waals surface area contributed by atoms with Gasteiger partial charge in [-0.1, -0.05) is 19.1 Å². The molecule has 0 radical (unpaired) electrons. The minimum atomic E-state index is -3.63. The summed E-state index contributed by atoms with van der Waals surface area (Å²) in [7, 11) is -3.63. The molecule has 2 aromatic rings. The minimum absolute atomic E-state index is 0.153. The first-order valence-corrected chi connectivity index (χ1v) is 9.29. The first kappa shape index (κ1) is 15.4. The van der Waals surface area contributed by atoms with Crippen molar-refractivity contribution < 1.29 is 13.2 Å². The molecule has 106 valence electrons. The standard InChI is InChI=1S/C14H13BrO3S2/c1-2-10-7-8-13(19-10)12(16)9-20(17,18)14-6-4-3-5-11(14)15/h3-8H,2,9H2,1H3. The molecule has 0 aliphatic heterocycles. The van der Waals surface area contributed by atoms with E-state index < -0.39 is 15.6 Å². The predicted molar refractivity (Wildman–Crippen MR) is 84.2 cm³/mol. The Balaban J connectivity index is 2.25. The number of Topliss-reactive ketones (excluding diaryl/α,β-unsaturated/α-hetero) is 1. The third kappa shape index (κ3) is 3.37. The van der Waals surface area contributed by atoms with Crippen LogP contribution in [-0.4, -0.2) is 20.0 Å². The number of benzene rings is 1. The van der Waals surface area contributed by atoms with Gasteiger partial charge in [-0.15, -0.1) is 11.3 Å². The van der Waals surface area contributed by atoms with E-state index in [2.05, 4.69) is 15.9 Å². The van der Waals surface area contributed by atoms with Crippen LogP contribution in [0.25, 0.3) is 0 Å². The summed E-state index contributed by atoms with van der Waals surface area (Å²) in [5.74, 6) is -0.857. The van der Waals surface area contributed by atoms with E-state index >= 15 is 0 Å². The summed E-state index contributed by atoms with van der Waals surface area (Å²) in [5.41, 5.74) is 0. The number of carbonyl (C=O) groups is 1. The van der Waals surface area contributed by atoms with Crippen molar-refractivity contribution in [3.8, 4) is 0 Å². The lowest BCUT2D eigenvalue weighted by atomic mass is 10.3. The van der Waals surface area contributed by atoms with Gasteiger partial charge in [0.1, 0.15) is 5.75 Å². The number of ketones is 1. The fourth-order valence-corrected chi connectivity index (χ4v) is 5.04. The van der Waals surface area contributed by atoms with Crippen LogP contribution in [0.4, 0.5) is 0 Å². The molecule has 2 rings (SSSR count). The summed E-state index contributed by atoms with van der Waals surface area (Å²) >= 11 is 4.56. The number of rotatable bonds is 5. The predicted octanol–water partition coefficient (Wildman–Crippen LogP) is 3.73. The Bertz CT molecular complexity index is 732. The lowest BCUT2D eigenvalue weighted by Crippen LogP contribution is -2.16. The van der Waals surface area contributed by atoms with Gasteiger partial charge in [0.25, 0.3) is 0 Å². The highest BCUT2D eigenvalue weighted by atomic mass is 79.9. The molecular formula is C14H13BrO3S2. The molecule has 0 amide bonds. The zero-order chi connectivity index (χ0) is 14.8. The molecule has 6 heteroatoms. The third-order valence-corrected chi connectivity index (χ3v) is 6.67. The van der Waals surface area contributed by atoms with Crippen LogP contribution < -0.4 is 0 Å². The molecule has 1 heterocycles. The van der Waals surface area contributed by atoms with E-state index in [-0.39, 0.29) is 10.7 Å². The van der Waals surface area contributed by atoms with Crippen molar-refractivity contribution in [2.75, 3.05) is 5.75 Å². The van der Waals surface area contributed by atoms with Crippen molar-refractivity contribution in [1.29, 1.82) is 0 Å². The van der Waals surface area contributed by atoms with Gasteiger partial charge in [-0.25, -0.2) is 8.42 Å². The molecule has 0 saturated carbocycles. The fraction of sp³-hybridized carbons (Fsp3) is 0.214. The van der Waals surface area contributed by atoms with Gasteiger partial charge < -0.3 is 0 Å². The quantitative estimate of drug-likeness (QED) is 0.751. The molecule has 1 aromatic heterocycles. The number of hydrogen-bond donors (Lipinski definition) is 0. The summed E-state index contributed by atoms with van der Waals surface area (Å²) < 4.78 is 25.0. The monoisotopic (exact) mass is 372 g/mol. The lowest BCUT2D eigenvalue weighted by Gasteiger charge is -2.05. The van der Waals surface area contributed by atoms with E-state index in [9.17, 15) is 13.2 Å². The van der Waals surface area contributed by atoms with E-state index in [1.807, 2.05) is 13.0 Å². The minimum Gasteiger partial charge on any atom is -0.292 e. The Morgan fingerprint density at radius 1 is 1.20 bits per heavy atom. The number of halogens is 1. The average molecular weight is 373 g/mol. The summed E-state index contributed by atoms with van der Waals surface area (Å²) in [6.07, 6.45) is 0.842. The Morgan fingerprint density at radius 3 is 2.50 bits per heavy atom. The first-order chi connectivity index (χ1) is 9.44. The summed E-state index contributed by atoms with van der Waals surface area (Å²) in [5, 5.41) is 0. The maximum atomic E-state index is 12.3. The smallest absolute Gasteiger partial charge is 0.188 e. The van der Waals surface area contributed by atoms with E-state index in [1.165, 1.54) is 17.4 Å². The van der Waals surface area contributed by atoms with Gasteiger partial charge in [-0.2, -0.15) is 0 Å². The van der Waals surface area contributed by atoms with Crippen LogP contribution >= 0.6 is 27.3 Å². The lowest BCUT2D eigenvalue weighted by molar-refractivity contribution is 0.102. The summed E-state index contributed by atoms with van der Waals surface area (Å²) in [6, 6.07) is 10.1. The highest BCUT2D eigenvalue weighted by Gasteiger charge is 2.23. The Hall–Kier alpha value is -0.980. The van der Waals surface area contributed by atoms with Crippen molar-refractivity contribution in [2.24, 2.45) is 0 Å². The van der Waals surface area contributed by atoms with Crippen molar-refractivity contribution in [3.05, 3.63) is 50.6 Å². The highest BCUT2D eigenvalue weighted by Crippen LogP contribution is 2.24. The van der Waals surface area contributed by atoms with Crippen LogP contribution in [0.3, 0.4) is 0 Å². The topological polar surface area (TPSA) is 51.2 Å². The number of hydrogen-bond acceptors (Lipinski definition) is 4. The zero-order valence-corrected chi connectivity index (χ0v) is 14.0. The van der Waals surface area contributed by atoms with Gasteiger partial charge in [-0.05, 0) is 46.6 Å². The molecular weight excluding hydrogens is 360 g/mol. The van der Waals surface area contributed by atoms with Gasteiger partial charge >= 0.3 is 0 Å². The SMILES string of the molecule is CCc1ccc(C(=O)CS(=O)(=O)c2ccccc2Br)s1. The van der Waals surface area contributed by atoms with Crippen LogP contribution in [0.2, 0.25) is 0 Å². The van der Waals surface area contributed by atoms with Gasteiger partial charge in [0.2, 0.25) is 0 Å². The maximum absolute atomic E-state index is 12.3. The van der Waals surface area contributed by atoms with Gasteiger partial charge in [-0.3, -0.25) is 4.79 Å². The van der Waals surface area contributed by atoms with Crippen molar-refractivity contribution in [1.82, 2.24) is 0 Å². The van der Waals surface area contributed by atoms with Gasteiger partial charge in [0, 0.05) is 9.35 Å². The third-order valence-electron chi connectivity index (χ3n) is 2.78. The molecule has 0 spiro atoms. The molecule has 3 nitrogen and oxygen atoms in total. The molecule has 0 aliphatic carbocycles. The molecule has 0 fully saturated rings. The number of aryl methyl sites for hydroxylation is 1. The number of thiophene rings is 1. The van der Waals surface area contributed by atoms with E-state index in [1.54, 1.807) is 24.3 Å². The second-order valence-electron chi connectivity index (χ2n) is 4.23. The second kappa shape index (κ2) is 6.20. The van der Waals surface area contributed by atoms with Gasteiger partial charge in [0.05, 0.1) is 9.77 Å². The molecule has 0 bridgehead atoms. The van der Waals surface area contributed by atoms with Crippen molar-refractivity contribution in [3.63, 3.8) is 0 Å². The number of sulfone groups is 1. The van der Waals surface area contributed by atoms with Crippen LogP contribution in [0.5, 0.6) is 0 Å². The van der Waals surface area contributed by atoms with Crippen LogP contribution in [-0.2, 0) is 16.3 Å². The Labute approximate surface area is 130 Å². The molecule has 0 aliphatic rings. The number of carbonyl (C=O) groups excluding carboxylic acids is 1. The maximum Gasteiger partial charge on any atom is 0.188 e. The summed E-state index contributed by atoms with van der Waals surface area (Å²) in [6.45, 7) is 2.00. The molecule has 0 unspecified atom stereocenters. The van der Waals surface area contributed by atoms with Crippen molar-refractivity contribution in [2.45, 2.75) is 18.2 Å². The van der Waals surface area contributed by atoms with Crippen molar-refractivity contribution >= 4 is 42.9 Å². The Morgan fingerprint density at radius 2 is 1.90 bits per heavy atom. The largest absolute Gasteiger partial charge is 0.292 e. The zero-order valence-electron chi connectivity index (χ0n) is 10.8. The normalized spacial score (nSPS) is 11.5. The molecule has 20 heavy (non-hydrogen) atoms. The molecule has 0 N–H and O–H groups in total. The van der Waals surface area contributed by atoms with Crippen LogP contribution in [0.15, 0.2) is 45.8 Å². The van der Waals surface area contributed by atoms with Gasteiger partial charge in [0.15, 0.2) is 15.6 Å². The molecule has 0 atom stereocenters. The molecule has 1 aromatic carbocycles. The van der Waals surface area contributed by atoms with E-state index in [0.29, 0.717) is 9.35 Å². The summed E-state index contributed by atoms with van der Waals surface area (Å²) in [4.78, 5) is 13.8. The first-order valence-electron chi connectivity index (χ1n) is 6.03. The second-order valence-corrected chi connectivity index (χ2v) is 8.21. The average Bonchev–Trinajstić information content (AvgIpc) is 2.87. The Kier molecular flexibility index (Phi) is 4.78.